The molecule has 0 N–H and O–H groups in total. The molecule has 0 aliphatic heterocycles. The summed E-state index contributed by atoms with van der Waals surface area (Å²) >= 11 is 1.49. The summed E-state index contributed by atoms with van der Waals surface area (Å²) in [6, 6.07) is 0. The molecule has 0 radical (unpaired) electrons. The van der Waals surface area contributed by atoms with E-state index in [-0.39, 0.29) is 5.97 Å². The summed E-state index contributed by atoms with van der Waals surface area (Å²) in [6.07, 6.45) is 4.17. The lowest BCUT2D eigenvalue weighted by Gasteiger charge is -2.02. The van der Waals surface area contributed by atoms with E-state index >= 15 is 0 Å². The van der Waals surface area contributed by atoms with Crippen molar-refractivity contribution in [2.45, 2.75) is 13.3 Å². The number of carbonyl (C=O) groups excluding carboxylic acids is 1. The Morgan fingerprint density at radius 3 is 2.75 bits per heavy atom. The van der Waals surface area contributed by atoms with Crippen molar-refractivity contribution in [3.05, 3.63) is 23.6 Å². The molecule has 68 valence electrons. The average molecular weight is 186 g/mol. The molecule has 0 bridgehead atoms. The topological polar surface area (TPSA) is 26.3 Å². The summed E-state index contributed by atoms with van der Waals surface area (Å²) in [4.78, 5) is 11.2. The lowest BCUT2D eigenvalue weighted by atomic mass is 10.2. The van der Waals surface area contributed by atoms with Gasteiger partial charge in [0.2, 0.25) is 0 Å². The summed E-state index contributed by atoms with van der Waals surface area (Å²) in [5, 5.41) is 1.79. The Morgan fingerprint density at radius 2 is 2.33 bits per heavy atom. The van der Waals surface area contributed by atoms with Crippen LogP contribution >= 0.6 is 11.8 Å². The highest BCUT2D eigenvalue weighted by Gasteiger charge is 2.07. The van der Waals surface area contributed by atoms with Gasteiger partial charge in [-0.05, 0) is 25.0 Å². The highest BCUT2D eigenvalue weighted by atomic mass is 32.2. The SMILES string of the molecule is C=CC/C(=C\SC)C(=O)OCC. The number of esters is 1. The molecule has 3 heteroatoms. The van der Waals surface area contributed by atoms with Crippen molar-refractivity contribution >= 4 is 17.7 Å². The second-order valence-electron chi connectivity index (χ2n) is 2.09. The van der Waals surface area contributed by atoms with Gasteiger partial charge in [0.05, 0.1) is 6.61 Å². The minimum absolute atomic E-state index is 0.244. The number of allylic oxidation sites excluding steroid dienone is 1. The third-order valence-corrected chi connectivity index (χ3v) is 1.68. The van der Waals surface area contributed by atoms with Gasteiger partial charge in [0.1, 0.15) is 0 Å². The third-order valence-electron chi connectivity index (χ3n) is 1.16. The first kappa shape index (κ1) is 11.3. The van der Waals surface area contributed by atoms with E-state index in [2.05, 4.69) is 6.58 Å². The van der Waals surface area contributed by atoms with Gasteiger partial charge in [0.15, 0.2) is 0 Å². The van der Waals surface area contributed by atoms with E-state index in [4.69, 9.17) is 4.74 Å². The molecule has 0 saturated heterocycles. The molecule has 0 spiro atoms. The summed E-state index contributed by atoms with van der Waals surface area (Å²) in [5.74, 6) is -0.244. The molecule has 0 aliphatic carbocycles. The van der Waals surface area contributed by atoms with E-state index in [0.717, 1.165) is 0 Å². The van der Waals surface area contributed by atoms with Crippen LogP contribution in [0.25, 0.3) is 0 Å². The van der Waals surface area contributed by atoms with E-state index in [1.165, 1.54) is 11.8 Å². The molecule has 0 fully saturated rings. The van der Waals surface area contributed by atoms with Crippen molar-refractivity contribution in [3.8, 4) is 0 Å². The van der Waals surface area contributed by atoms with Crippen molar-refractivity contribution < 1.29 is 9.53 Å². The minimum atomic E-state index is -0.244. The van der Waals surface area contributed by atoms with E-state index < -0.39 is 0 Å². The van der Waals surface area contributed by atoms with Crippen LogP contribution in [-0.4, -0.2) is 18.8 Å². The molecular formula is C9H14O2S. The number of rotatable bonds is 5. The Hall–Kier alpha value is -0.700. The smallest absolute Gasteiger partial charge is 0.334 e. The highest BCUT2D eigenvalue weighted by Crippen LogP contribution is 2.09. The standard InChI is InChI=1S/C9H14O2S/c1-4-6-8(7-12-3)9(10)11-5-2/h4,7H,1,5-6H2,2-3H3/b8-7+. The Kier molecular flexibility index (Phi) is 6.57. The van der Waals surface area contributed by atoms with Gasteiger partial charge in [0.25, 0.3) is 0 Å². The van der Waals surface area contributed by atoms with Gasteiger partial charge in [-0.25, -0.2) is 4.79 Å². The van der Waals surface area contributed by atoms with Crippen LogP contribution in [0.2, 0.25) is 0 Å². The number of hydrogen-bond acceptors (Lipinski definition) is 3. The number of ether oxygens (including phenoxy) is 1. The molecule has 0 rings (SSSR count). The predicted octanol–water partition coefficient (Wildman–Crippen LogP) is 2.37. The molecule has 0 heterocycles. The Bertz CT molecular complexity index is 185. The maximum atomic E-state index is 11.2. The molecule has 0 amide bonds. The maximum absolute atomic E-state index is 11.2. The van der Waals surface area contributed by atoms with E-state index in [1.54, 1.807) is 18.4 Å². The molecule has 2 nitrogen and oxygen atoms in total. The summed E-state index contributed by atoms with van der Waals surface area (Å²) < 4.78 is 4.84. The Labute approximate surface area is 77.7 Å². The number of hydrogen-bond donors (Lipinski definition) is 0. The normalized spacial score (nSPS) is 11.0. The van der Waals surface area contributed by atoms with Crippen LogP contribution in [-0.2, 0) is 9.53 Å². The zero-order valence-electron chi connectivity index (χ0n) is 7.50. The van der Waals surface area contributed by atoms with Crippen LogP contribution in [0, 0.1) is 0 Å². The molecule has 0 saturated carbocycles. The molecule has 0 aromatic rings. The summed E-state index contributed by atoms with van der Waals surface area (Å²) in [7, 11) is 0. The van der Waals surface area contributed by atoms with Crippen molar-refractivity contribution in [3.63, 3.8) is 0 Å². The van der Waals surface area contributed by atoms with Crippen molar-refractivity contribution in [1.82, 2.24) is 0 Å². The van der Waals surface area contributed by atoms with E-state index in [9.17, 15) is 4.79 Å². The zero-order valence-corrected chi connectivity index (χ0v) is 8.32. The van der Waals surface area contributed by atoms with Crippen LogP contribution in [0.1, 0.15) is 13.3 Å². The largest absolute Gasteiger partial charge is 0.463 e. The molecule has 0 aromatic heterocycles. The first-order chi connectivity index (χ1) is 5.76. The molecule has 0 atom stereocenters. The van der Waals surface area contributed by atoms with Crippen LogP contribution in [0.15, 0.2) is 23.6 Å². The van der Waals surface area contributed by atoms with Crippen LogP contribution in [0.5, 0.6) is 0 Å². The van der Waals surface area contributed by atoms with Gasteiger partial charge in [0, 0.05) is 5.57 Å². The summed E-state index contributed by atoms with van der Waals surface area (Å²) in [6.45, 7) is 5.78. The average Bonchev–Trinajstić information content (AvgIpc) is 2.04. The Morgan fingerprint density at radius 1 is 1.67 bits per heavy atom. The van der Waals surface area contributed by atoms with Gasteiger partial charge < -0.3 is 4.74 Å². The second kappa shape index (κ2) is 6.98. The monoisotopic (exact) mass is 186 g/mol. The fourth-order valence-corrected chi connectivity index (χ4v) is 1.18. The van der Waals surface area contributed by atoms with Gasteiger partial charge in [-0.15, -0.1) is 18.3 Å². The van der Waals surface area contributed by atoms with Crippen LogP contribution < -0.4 is 0 Å². The fraction of sp³-hybridized carbons (Fsp3) is 0.444. The zero-order chi connectivity index (χ0) is 9.40. The van der Waals surface area contributed by atoms with Gasteiger partial charge in [-0.2, -0.15) is 0 Å². The van der Waals surface area contributed by atoms with Crippen molar-refractivity contribution in [1.29, 1.82) is 0 Å². The molecule has 12 heavy (non-hydrogen) atoms. The molecule has 0 aromatic carbocycles. The lowest BCUT2D eigenvalue weighted by Crippen LogP contribution is -2.06. The summed E-state index contributed by atoms with van der Waals surface area (Å²) in [5.41, 5.74) is 0.666. The number of thioether (sulfide) groups is 1. The van der Waals surface area contributed by atoms with Gasteiger partial charge in [-0.1, -0.05) is 6.08 Å². The Balaban J connectivity index is 4.18. The van der Waals surface area contributed by atoms with Crippen LogP contribution in [0.3, 0.4) is 0 Å². The van der Waals surface area contributed by atoms with Crippen molar-refractivity contribution in [2.24, 2.45) is 0 Å². The van der Waals surface area contributed by atoms with Crippen LogP contribution in [0.4, 0.5) is 0 Å². The van der Waals surface area contributed by atoms with E-state index in [0.29, 0.717) is 18.6 Å². The third kappa shape index (κ3) is 4.23. The van der Waals surface area contributed by atoms with Gasteiger partial charge in [-0.3, -0.25) is 0 Å². The molecule has 0 unspecified atom stereocenters. The quantitative estimate of drug-likeness (QED) is 0.374. The van der Waals surface area contributed by atoms with E-state index in [1.807, 2.05) is 6.26 Å². The molecule has 0 aliphatic rings. The number of carbonyl (C=O) groups is 1. The maximum Gasteiger partial charge on any atom is 0.334 e. The lowest BCUT2D eigenvalue weighted by molar-refractivity contribution is -0.138. The first-order valence-electron chi connectivity index (χ1n) is 3.76. The second-order valence-corrected chi connectivity index (χ2v) is 2.80. The van der Waals surface area contributed by atoms with Crippen molar-refractivity contribution in [2.75, 3.05) is 12.9 Å². The molecular weight excluding hydrogens is 172 g/mol. The highest BCUT2D eigenvalue weighted by molar-refractivity contribution is 8.01. The van der Waals surface area contributed by atoms with Gasteiger partial charge >= 0.3 is 5.97 Å². The first-order valence-corrected chi connectivity index (χ1v) is 5.04. The minimum Gasteiger partial charge on any atom is -0.463 e. The fourth-order valence-electron chi connectivity index (χ4n) is 0.701. The predicted molar refractivity (Wildman–Crippen MR) is 53.0 cm³/mol.